The standard InChI is InChI=1S/C27H31ClN4O3/c1-16(2)30(4)11-6-12-31-25(34)27(3)15-21-20-14-18(28)9-10-22(20)29-23(21)24(32(27)26(31)35)17-7-5-8-19(33)13-17/h5,7-10,13-14,16,24,29,33H,6,11-12,15H2,1-4H3/t24-,27+/m1/s1. The summed E-state index contributed by atoms with van der Waals surface area (Å²) in [6.45, 7) is 7.27. The highest BCUT2D eigenvalue weighted by Crippen LogP contribution is 2.49. The summed E-state index contributed by atoms with van der Waals surface area (Å²) in [5.74, 6) is -0.0658. The van der Waals surface area contributed by atoms with E-state index in [1.54, 1.807) is 23.1 Å². The topological polar surface area (TPSA) is 79.9 Å². The van der Waals surface area contributed by atoms with Crippen molar-refractivity contribution in [3.63, 3.8) is 0 Å². The number of urea groups is 1. The number of phenolic OH excluding ortho intramolecular Hbond substituents is 1. The molecule has 7 nitrogen and oxygen atoms in total. The van der Waals surface area contributed by atoms with Gasteiger partial charge in [-0.1, -0.05) is 23.7 Å². The maximum Gasteiger partial charge on any atom is 0.328 e. The van der Waals surface area contributed by atoms with Gasteiger partial charge in [-0.25, -0.2) is 4.79 Å². The predicted molar refractivity (Wildman–Crippen MR) is 137 cm³/mol. The Balaban J connectivity index is 1.59. The maximum atomic E-state index is 13.8. The van der Waals surface area contributed by atoms with Crippen LogP contribution in [0.3, 0.4) is 0 Å². The number of phenols is 1. The number of rotatable bonds is 6. The molecule has 3 heterocycles. The summed E-state index contributed by atoms with van der Waals surface area (Å²) < 4.78 is 0. The Morgan fingerprint density at radius 1 is 1.23 bits per heavy atom. The second-order valence-corrected chi connectivity index (χ2v) is 10.6. The molecule has 0 bridgehead atoms. The van der Waals surface area contributed by atoms with Crippen molar-refractivity contribution in [3.8, 4) is 5.75 Å². The first-order chi connectivity index (χ1) is 16.6. The normalized spacial score (nSPS) is 22.0. The molecule has 0 unspecified atom stereocenters. The third kappa shape index (κ3) is 3.78. The lowest BCUT2D eigenvalue weighted by molar-refractivity contribution is -0.133. The van der Waals surface area contributed by atoms with Gasteiger partial charge >= 0.3 is 6.03 Å². The molecule has 2 N–H and O–H groups in total. The molecule has 2 atom stereocenters. The van der Waals surface area contributed by atoms with Crippen molar-refractivity contribution in [2.75, 3.05) is 20.1 Å². The number of hydrogen-bond donors (Lipinski definition) is 2. The Labute approximate surface area is 210 Å². The maximum absolute atomic E-state index is 13.8. The Morgan fingerprint density at radius 3 is 2.71 bits per heavy atom. The molecular weight excluding hydrogens is 464 g/mol. The van der Waals surface area contributed by atoms with E-state index in [1.807, 2.05) is 38.2 Å². The minimum Gasteiger partial charge on any atom is -0.508 e. The average molecular weight is 495 g/mol. The molecule has 2 aliphatic rings. The van der Waals surface area contributed by atoms with Gasteiger partial charge in [-0.15, -0.1) is 0 Å². The third-order valence-electron chi connectivity index (χ3n) is 7.59. The van der Waals surface area contributed by atoms with Gasteiger partial charge in [0.05, 0.1) is 0 Å². The van der Waals surface area contributed by atoms with Gasteiger partial charge in [0.2, 0.25) is 0 Å². The van der Waals surface area contributed by atoms with Crippen molar-refractivity contribution in [1.29, 1.82) is 0 Å². The average Bonchev–Trinajstić information content (AvgIpc) is 3.24. The number of aromatic hydroxyl groups is 1. The highest BCUT2D eigenvalue weighted by molar-refractivity contribution is 6.31. The van der Waals surface area contributed by atoms with Crippen LogP contribution in [0, 0.1) is 0 Å². The zero-order valence-electron chi connectivity index (χ0n) is 20.5. The largest absolute Gasteiger partial charge is 0.508 e. The first-order valence-corrected chi connectivity index (χ1v) is 12.4. The monoisotopic (exact) mass is 494 g/mol. The number of nitrogens with zero attached hydrogens (tertiary/aromatic N) is 3. The van der Waals surface area contributed by atoms with Gasteiger partial charge in [-0.3, -0.25) is 14.6 Å². The van der Waals surface area contributed by atoms with Crippen molar-refractivity contribution >= 4 is 34.4 Å². The molecular formula is C27H31ClN4O3. The van der Waals surface area contributed by atoms with E-state index in [-0.39, 0.29) is 17.7 Å². The predicted octanol–water partition coefficient (Wildman–Crippen LogP) is 4.93. The van der Waals surface area contributed by atoms with Crippen LogP contribution in [0.5, 0.6) is 5.75 Å². The van der Waals surface area contributed by atoms with Gasteiger partial charge in [0.15, 0.2) is 0 Å². The molecule has 35 heavy (non-hydrogen) atoms. The van der Waals surface area contributed by atoms with E-state index in [2.05, 4.69) is 23.7 Å². The number of nitrogens with one attached hydrogen (secondary N) is 1. The lowest BCUT2D eigenvalue weighted by atomic mass is 9.81. The number of H-pyrrole nitrogens is 1. The van der Waals surface area contributed by atoms with E-state index in [9.17, 15) is 14.7 Å². The Bertz CT molecular complexity index is 1320. The molecule has 5 rings (SSSR count). The molecule has 1 aromatic heterocycles. The molecule has 8 heteroatoms. The van der Waals surface area contributed by atoms with Gasteiger partial charge in [0.1, 0.15) is 17.3 Å². The first-order valence-electron chi connectivity index (χ1n) is 12.1. The van der Waals surface area contributed by atoms with Crippen LogP contribution in [0.4, 0.5) is 4.79 Å². The highest BCUT2D eigenvalue weighted by atomic mass is 35.5. The van der Waals surface area contributed by atoms with Crippen LogP contribution in [-0.4, -0.2) is 68.4 Å². The smallest absolute Gasteiger partial charge is 0.328 e. The van der Waals surface area contributed by atoms with E-state index < -0.39 is 11.6 Å². The number of amides is 3. The molecule has 0 saturated carbocycles. The lowest BCUT2D eigenvalue weighted by Crippen LogP contribution is -2.53. The van der Waals surface area contributed by atoms with Crippen LogP contribution < -0.4 is 0 Å². The highest BCUT2D eigenvalue weighted by Gasteiger charge is 2.60. The molecule has 1 fully saturated rings. The van der Waals surface area contributed by atoms with Crippen molar-refractivity contribution < 1.29 is 14.7 Å². The summed E-state index contributed by atoms with van der Waals surface area (Å²) in [5, 5.41) is 11.8. The van der Waals surface area contributed by atoms with Gasteiger partial charge in [0.25, 0.3) is 5.91 Å². The number of halogens is 1. The number of carbonyl (C=O) groups excluding carboxylic acids is 2. The van der Waals surface area contributed by atoms with Crippen LogP contribution in [0.25, 0.3) is 10.9 Å². The fraction of sp³-hybridized carbons (Fsp3) is 0.407. The van der Waals surface area contributed by atoms with E-state index >= 15 is 0 Å². The van der Waals surface area contributed by atoms with Crippen molar-refractivity contribution in [1.82, 2.24) is 19.7 Å². The SMILES string of the molecule is CC(C)N(C)CCCN1C(=O)N2[C@H](c3cccc(O)c3)c3[nH]c4ccc(Cl)cc4c3C[C@@]2(C)C1=O. The summed E-state index contributed by atoms with van der Waals surface area (Å²) in [4.78, 5) is 36.5. The Hall–Kier alpha value is -3.03. The molecule has 2 aromatic carbocycles. The fourth-order valence-electron chi connectivity index (χ4n) is 5.46. The second kappa shape index (κ2) is 8.57. The summed E-state index contributed by atoms with van der Waals surface area (Å²) in [5.41, 5.74) is 2.45. The fourth-order valence-corrected chi connectivity index (χ4v) is 5.63. The molecule has 184 valence electrons. The minimum absolute atomic E-state index is 0.113. The van der Waals surface area contributed by atoms with Gasteiger partial charge in [0, 0.05) is 40.6 Å². The van der Waals surface area contributed by atoms with E-state index in [1.165, 1.54) is 4.90 Å². The summed E-state index contributed by atoms with van der Waals surface area (Å²) in [6, 6.07) is 12.1. The number of hydrogen-bond acceptors (Lipinski definition) is 4. The summed E-state index contributed by atoms with van der Waals surface area (Å²) in [7, 11) is 2.05. The van der Waals surface area contributed by atoms with Crippen LogP contribution in [-0.2, 0) is 11.2 Å². The first kappa shape index (κ1) is 23.7. The quantitative estimate of drug-likeness (QED) is 0.476. The molecule has 3 amide bonds. The number of aromatic nitrogens is 1. The minimum atomic E-state index is -1.04. The molecule has 3 aromatic rings. The molecule has 0 aliphatic carbocycles. The van der Waals surface area contributed by atoms with Gasteiger partial charge in [-0.05, 0) is 82.2 Å². The number of imide groups is 1. The molecule has 1 saturated heterocycles. The number of carbonyl (C=O) groups is 2. The zero-order chi connectivity index (χ0) is 25.1. The van der Waals surface area contributed by atoms with Crippen molar-refractivity contribution in [2.24, 2.45) is 0 Å². The summed E-state index contributed by atoms with van der Waals surface area (Å²) >= 11 is 6.33. The number of aromatic amines is 1. The molecule has 0 radical (unpaired) electrons. The van der Waals surface area contributed by atoms with E-state index in [4.69, 9.17) is 11.6 Å². The number of benzene rings is 2. The van der Waals surface area contributed by atoms with E-state index in [0.717, 1.165) is 34.3 Å². The Morgan fingerprint density at radius 2 is 2.00 bits per heavy atom. The van der Waals surface area contributed by atoms with Crippen LogP contribution in [0.2, 0.25) is 5.02 Å². The second-order valence-electron chi connectivity index (χ2n) is 10.2. The summed E-state index contributed by atoms with van der Waals surface area (Å²) in [6.07, 6.45) is 1.10. The van der Waals surface area contributed by atoms with E-state index in [0.29, 0.717) is 30.5 Å². The zero-order valence-corrected chi connectivity index (χ0v) is 21.3. The van der Waals surface area contributed by atoms with Crippen molar-refractivity contribution in [2.45, 2.75) is 51.2 Å². The van der Waals surface area contributed by atoms with Gasteiger partial charge in [-0.2, -0.15) is 0 Å². The van der Waals surface area contributed by atoms with Gasteiger partial charge < -0.3 is 15.0 Å². The van der Waals surface area contributed by atoms with Crippen LogP contribution >= 0.6 is 11.6 Å². The van der Waals surface area contributed by atoms with Crippen LogP contribution in [0.1, 0.15) is 50.1 Å². The van der Waals surface area contributed by atoms with Crippen LogP contribution in [0.15, 0.2) is 42.5 Å². The number of fused-ring (bicyclic) bond motifs is 4. The lowest BCUT2D eigenvalue weighted by Gasteiger charge is -2.42. The Kier molecular flexibility index (Phi) is 5.80. The molecule has 2 aliphatic heterocycles. The third-order valence-corrected chi connectivity index (χ3v) is 7.82. The van der Waals surface area contributed by atoms with Crippen molar-refractivity contribution in [3.05, 3.63) is 64.3 Å². The molecule has 0 spiro atoms.